The van der Waals surface area contributed by atoms with Crippen molar-refractivity contribution in [3.8, 4) is 0 Å². The number of aromatic nitrogens is 1. The molecular weight excluding hydrogens is 170 g/mol. The van der Waals surface area contributed by atoms with Crippen LogP contribution in [-0.4, -0.2) is 18.1 Å². The summed E-state index contributed by atoms with van der Waals surface area (Å²) in [5.41, 5.74) is 6.90. The van der Waals surface area contributed by atoms with Crippen molar-refractivity contribution in [2.75, 3.05) is 12.4 Å². The molecule has 1 aromatic rings. The van der Waals surface area contributed by atoms with Gasteiger partial charge in [-0.25, -0.2) is 4.98 Å². The Morgan fingerprint density at radius 2 is 2.50 bits per heavy atom. The minimum Gasteiger partial charge on any atom is -0.365 e. The fourth-order valence-corrected chi connectivity index (χ4v) is 1.61. The first kappa shape index (κ1) is 9.48. The van der Waals surface area contributed by atoms with Gasteiger partial charge in [-0.3, -0.25) is 0 Å². The molecule has 0 saturated heterocycles. The van der Waals surface area contributed by atoms with Gasteiger partial charge in [-0.2, -0.15) is 0 Å². The van der Waals surface area contributed by atoms with Gasteiger partial charge < -0.3 is 11.1 Å². The maximum Gasteiger partial charge on any atom is 0.182 e. The molecule has 0 bridgehead atoms. The van der Waals surface area contributed by atoms with Crippen LogP contribution in [0.1, 0.15) is 19.0 Å². The third kappa shape index (κ3) is 2.46. The Morgan fingerprint density at radius 3 is 3.00 bits per heavy atom. The monoisotopic (exact) mass is 185 g/mol. The van der Waals surface area contributed by atoms with Crippen molar-refractivity contribution in [2.24, 2.45) is 5.73 Å². The SMILES string of the molecule is CCC(N)Cc1csc(NC)n1. The number of nitrogens with two attached hydrogens (primary N) is 1. The van der Waals surface area contributed by atoms with Crippen LogP contribution in [0.3, 0.4) is 0 Å². The smallest absolute Gasteiger partial charge is 0.182 e. The number of hydrogen-bond acceptors (Lipinski definition) is 4. The summed E-state index contributed by atoms with van der Waals surface area (Å²) < 4.78 is 0. The molecule has 1 atom stereocenters. The summed E-state index contributed by atoms with van der Waals surface area (Å²) >= 11 is 1.62. The highest BCUT2D eigenvalue weighted by Crippen LogP contribution is 2.15. The average molecular weight is 185 g/mol. The molecule has 0 fully saturated rings. The van der Waals surface area contributed by atoms with Gasteiger partial charge in [-0.15, -0.1) is 11.3 Å². The third-order valence-electron chi connectivity index (χ3n) is 1.76. The van der Waals surface area contributed by atoms with E-state index in [1.165, 1.54) is 0 Å². The molecule has 0 aliphatic rings. The second kappa shape index (κ2) is 4.42. The summed E-state index contributed by atoms with van der Waals surface area (Å²) in [4.78, 5) is 4.34. The largest absolute Gasteiger partial charge is 0.365 e. The predicted molar refractivity (Wildman–Crippen MR) is 53.6 cm³/mol. The van der Waals surface area contributed by atoms with Crippen molar-refractivity contribution < 1.29 is 0 Å². The van der Waals surface area contributed by atoms with Gasteiger partial charge in [0.2, 0.25) is 0 Å². The maximum absolute atomic E-state index is 5.80. The lowest BCUT2D eigenvalue weighted by molar-refractivity contribution is 0.639. The van der Waals surface area contributed by atoms with Gasteiger partial charge in [0, 0.05) is 24.9 Å². The molecule has 0 radical (unpaired) electrons. The van der Waals surface area contributed by atoms with E-state index >= 15 is 0 Å². The van der Waals surface area contributed by atoms with Crippen LogP contribution in [0, 0.1) is 0 Å². The van der Waals surface area contributed by atoms with E-state index in [4.69, 9.17) is 5.73 Å². The van der Waals surface area contributed by atoms with Crippen molar-refractivity contribution in [3.05, 3.63) is 11.1 Å². The molecule has 0 saturated carbocycles. The van der Waals surface area contributed by atoms with Gasteiger partial charge in [-0.1, -0.05) is 6.92 Å². The predicted octanol–water partition coefficient (Wildman–Crippen LogP) is 1.46. The van der Waals surface area contributed by atoms with Crippen LogP contribution in [0.2, 0.25) is 0 Å². The Bertz CT molecular complexity index is 234. The van der Waals surface area contributed by atoms with Gasteiger partial charge in [0.25, 0.3) is 0 Å². The van der Waals surface area contributed by atoms with Crippen LogP contribution >= 0.6 is 11.3 Å². The number of nitrogens with one attached hydrogen (secondary N) is 1. The van der Waals surface area contributed by atoms with Gasteiger partial charge >= 0.3 is 0 Å². The molecule has 0 spiro atoms. The van der Waals surface area contributed by atoms with Crippen molar-refractivity contribution in [2.45, 2.75) is 25.8 Å². The summed E-state index contributed by atoms with van der Waals surface area (Å²) in [5.74, 6) is 0. The molecule has 0 aromatic carbocycles. The topological polar surface area (TPSA) is 50.9 Å². The first-order chi connectivity index (χ1) is 5.76. The normalized spacial score (nSPS) is 12.9. The molecule has 3 N–H and O–H groups in total. The van der Waals surface area contributed by atoms with E-state index in [0.717, 1.165) is 23.7 Å². The maximum atomic E-state index is 5.80. The summed E-state index contributed by atoms with van der Waals surface area (Å²) in [6.45, 7) is 2.09. The zero-order chi connectivity index (χ0) is 8.97. The van der Waals surface area contributed by atoms with Crippen LogP contribution in [0.5, 0.6) is 0 Å². The van der Waals surface area contributed by atoms with Gasteiger partial charge in [0.15, 0.2) is 5.13 Å². The highest BCUT2D eigenvalue weighted by atomic mass is 32.1. The molecule has 1 unspecified atom stereocenters. The number of nitrogens with zero attached hydrogens (tertiary/aromatic N) is 1. The third-order valence-corrected chi connectivity index (χ3v) is 2.67. The van der Waals surface area contributed by atoms with Gasteiger partial charge in [-0.05, 0) is 6.42 Å². The van der Waals surface area contributed by atoms with Crippen LogP contribution < -0.4 is 11.1 Å². The minimum atomic E-state index is 0.247. The van der Waals surface area contributed by atoms with Crippen LogP contribution in [0.4, 0.5) is 5.13 Å². The van der Waals surface area contributed by atoms with Crippen molar-refractivity contribution >= 4 is 16.5 Å². The Labute approximate surface area is 77.0 Å². The first-order valence-electron chi connectivity index (χ1n) is 4.14. The molecule has 0 amide bonds. The number of hydrogen-bond donors (Lipinski definition) is 2. The fraction of sp³-hybridized carbons (Fsp3) is 0.625. The van der Waals surface area contributed by atoms with Crippen LogP contribution in [-0.2, 0) is 6.42 Å². The second-order valence-corrected chi connectivity index (χ2v) is 3.62. The quantitative estimate of drug-likeness (QED) is 0.746. The van der Waals surface area contributed by atoms with Crippen molar-refractivity contribution in [3.63, 3.8) is 0 Å². The molecule has 12 heavy (non-hydrogen) atoms. The Balaban J connectivity index is 2.52. The lowest BCUT2D eigenvalue weighted by Crippen LogP contribution is -2.21. The Hall–Kier alpha value is -0.610. The van der Waals surface area contributed by atoms with Crippen molar-refractivity contribution in [1.29, 1.82) is 0 Å². The Kier molecular flexibility index (Phi) is 3.49. The molecule has 1 heterocycles. The van der Waals surface area contributed by atoms with Crippen LogP contribution in [0.25, 0.3) is 0 Å². The lowest BCUT2D eigenvalue weighted by atomic mass is 10.1. The standard InChI is InChI=1S/C8H15N3S/c1-3-6(9)4-7-5-12-8(10-2)11-7/h5-6H,3-4,9H2,1-2H3,(H,10,11). The van der Waals surface area contributed by atoms with E-state index in [1.807, 2.05) is 7.05 Å². The van der Waals surface area contributed by atoms with E-state index in [9.17, 15) is 0 Å². The van der Waals surface area contributed by atoms with Gasteiger partial charge in [0.05, 0.1) is 5.69 Å². The molecule has 1 rings (SSSR count). The number of rotatable bonds is 4. The van der Waals surface area contributed by atoms with E-state index < -0.39 is 0 Å². The zero-order valence-corrected chi connectivity index (χ0v) is 8.32. The molecule has 3 nitrogen and oxygen atoms in total. The molecule has 0 aliphatic carbocycles. The molecular formula is C8H15N3S. The first-order valence-corrected chi connectivity index (χ1v) is 5.02. The number of anilines is 1. The summed E-state index contributed by atoms with van der Waals surface area (Å²) in [5, 5.41) is 6.03. The van der Waals surface area contributed by atoms with E-state index in [1.54, 1.807) is 11.3 Å². The Morgan fingerprint density at radius 1 is 1.75 bits per heavy atom. The molecule has 68 valence electrons. The summed E-state index contributed by atoms with van der Waals surface area (Å²) in [7, 11) is 1.88. The van der Waals surface area contributed by atoms with Gasteiger partial charge in [0.1, 0.15) is 0 Å². The molecule has 1 aromatic heterocycles. The van der Waals surface area contributed by atoms with E-state index in [0.29, 0.717) is 0 Å². The van der Waals surface area contributed by atoms with Crippen molar-refractivity contribution in [1.82, 2.24) is 4.98 Å². The minimum absolute atomic E-state index is 0.247. The lowest BCUT2D eigenvalue weighted by Gasteiger charge is -2.04. The van der Waals surface area contributed by atoms with E-state index in [2.05, 4.69) is 22.6 Å². The van der Waals surface area contributed by atoms with E-state index in [-0.39, 0.29) is 6.04 Å². The second-order valence-electron chi connectivity index (χ2n) is 2.77. The fourth-order valence-electron chi connectivity index (χ4n) is 0.929. The zero-order valence-electron chi connectivity index (χ0n) is 7.50. The highest BCUT2D eigenvalue weighted by Gasteiger charge is 2.04. The number of thiazole rings is 1. The molecule has 4 heteroatoms. The molecule has 0 aliphatic heterocycles. The van der Waals surface area contributed by atoms with Crippen LogP contribution in [0.15, 0.2) is 5.38 Å². The average Bonchev–Trinajstić information content (AvgIpc) is 2.52. The highest BCUT2D eigenvalue weighted by molar-refractivity contribution is 7.13. The summed E-state index contributed by atoms with van der Waals surface area (Å²) in [6, 6.07) is 0.247. The summed E-state index contributed by atoms with van der Waals surface area (Å²) in [6.07, 6.45) is 1.89.